The number of hydrogen-bond acceptors (Lipinski definition) is 3. The van der Waals surface area contributed by atoms with Crippen molar-refractivity contribution in [2.45, 2.75) is 13.5 Å². The highest BCUT2D eigenvalue weighted by Gasteiger charge is 2.31. The number of methoxy groups -OCH3 is 1. The van der Waals surface area contributed by atoms with Gasteiger partial charge in [-0.05, 0) is 42.8 Å². The number of para-hydroxylation sites is 1. The zero-order valence-electron chi connectivity index (χ0n) is 17.2. The van der Waals surface area contributed by atoms with Crippen LogP contribution in [0.4, 0.5) is 5.69 Å². The first kappa shape index (κ1) is 21.5. The third kappa shape index (κ3) is 4.21. The fourth-order valence-electron chi connectivity index (χ4n) is 3.62. The van der Waals surface area contributed by atoms with Crippen molar-refractivity contribution in [2.24, 2.45) is 0 Å². The van der Waals surface area contributed by atoms with Gasteiger partial charge in [-0.1, -0.05) is 63.9 Å². The van der Waals surface area contributed by atoms with Crippen LogP contribution >= 0.6 is 27.5 Å². The van der Waals surface area contributed by atoms with Gasteiger partial charge in [0.15, 0.2) is 11.5 Å². The molecule has 1 aliphatic rings. The van der Waals surface area contributed by atoms with Gasteiger partial charge in [0.2, 0.25) is 0 Å². The van der Waals surface area contributed by atoms with Gasteiger partial charge in [0.25, 0.3) is 5.91 Å². The largest absolute Gasteiger partial charge is 0.493 e. The van der Waals surface area contributed by atoms with Crippen LogP contribution in [-0.4, -0.2) is 19.6 Å². The summed E-state index contributed by atoms with van der Waals surface area (Å²) in [5, 5.41) is 0.653. The number of likely N-dealkylation sites (N-methyl/N-ethyl adjacent to an activating group) is 1. The Hall–Kier alpha value is -2.76. The molecule has 1 heterocycles. The fourth-order valence-corrected chi connectivity index (χ4v) is 4.25. The average Bonchev–Trinajstić information content (AvgIpc) is 3.05. The topological polar surface area (TPSA) is 38.8 Å². The molecule has 0 N–H and O–H groups in total. The van der Waals surface area contributed by atoms with Gasteiger partial charge in [-0.2, -0.15) is 0 Å². The second kappa shape index (κ2) is 9.16. The lowest BCUT2D eigenvalue weighted by molar-refractivity contribution is -0.112. The molecular formula is C25H21BrClNO3. The van der Waals surface area contributed by atoms with Crippen LogP contribution < -0.4 is 14.4 Å². The molecule has 0 atom stereocenters. The summed E-state index contributed by atoms with van der Waals surface area (Å²) in [6.07, 6.45) is 1.89. The monoisotopic (exact) mass is 497 g/mol. The molecule has 3 aromatic rings. The van der Waals surface area contributed by atoms with Crippen molar-refractivity contribution in [2.75, 3.05) is 18.6 Å². The number of benzene rings is 3. The van der Waals surface area contributed by atoms with E-state index in [0.29, 0.717) is 35.2 Å². The maximum Gasteiger partial charge on any atom is 0.258 e. The van der Waals surface area contributed by atoms with Crippen molar-refractivity contribution >= 4 is 50.8 Å². The maximum atomic E-state index is 13.0. The highest BCUT2D eigenvalue weighted by atomic mass is 79.9. The van der Waals surface area contributed by atoms with Gasteiger partial charge < -0.3 is 14.4 Å². The van der Waals surface area contributed by atoms with E-state index in [4.69, 9.17) is 21.1 Å². The number of fused-ring (bicyclic) bond motifs is 1. The van der Waals surface area contributed by atoms with Crippen LogP contribution in [0.5, 0.6) is 11.5 Å². The first-order chi connectivity index (χ1) is 15.0. The van der Waals surface area contributed by atoms with Crippen molar-refractivity contribution in [1.82, 2.24) is 0 Å². The summed E-state index contributed by atoms with van der Waals surface area (Å²) >= 11 is 9.85. The average molecular weight is 499 g/mol. The van der Waals surface area contributed by atoms with Crippen LogP contribution in [0, 0.1) is 0 Å². The second-order valence-corrected chi connectivity index (χ2v) is 8.29. The van der Waals surface area contributed by atoms with Crippen LogP contribution in [-0.2, 0) is 11.4 Å². The molecule has 0 radical (unpaired) electrons. The molecule has 4 nitrogen and oxygen atoms in total. The molecule has 0 spiro atoms. The normalized spacial score (nSPS) is 14.1. The number of carbonyl (C=O) groups excluding carboxylic acids is 1. The van der Waals surface area contributed by atoms with Crippen molar-refractivity contribution in [3.05, 3.63) is 86.8 Å². The van der Waals surface area contributed by atoms with E-state index in [0.717, 1.165) is 26.9 Å². The predicted octanol–water partition coefficient (Wildman–Crippen LogP) is 6.60. The van der Waals surface area contributed by atoms with E-state index in [1.165, 1.54) is 0 Å². The van der Waals surface area contributed by atoms with Crippen molar-refractivity contribution in [3.8, 4) is 11.5 Å². The molecule has 0 aliphatic carbocycles. The van der Waals surface area contributed by atoms with Crippen LogP contribution in [0.3, 0.4) is 0 Å². The van der Waals surface area contributed by atoms with E-state index in [-0.39, 0.29) is 5.91 Å². The summed E-state index contributed by atoms with van der Waals surface area (Å²) in [5.41, 5.74) is 4.24. The Morgan fingerprint density at radius 1 is 1.06 bits per heavy atom. The van der Waals surface area contributed by atoms with Gasteiger partial charge in [0, 0.05) is 32.7 Å². The number of ether oxygens (including phenoxy) is 2. The number of halogens is 2. The molecule has 0 unspecified atom stereocenters. The van der Waals surface area contributed by atoms with E-state index < -0.39 is 0 Å². The second-order valence-electron chi connectivity index (χ2n) is 7.03. The summed E-state index contributed by atoms with van der Waals surface area (Å²) in [4.78, 5) is 14.8. The lowest BCUT2D eigenvalue weighted by atomic mass is 10.0. The number of hydrogen-bond donors (Lipinski definition) is 0. The van der Waals surface area contributed by atoms with Crippen LogP contribution in [0.25, 0.3) is 11.6 Å². The van der Waals surface area contributed by atoms with Gasteiger partial charge in [0.05, 0.1) is 12.8 Å². The van der Waals surface area contributed by atoms with E-state index in [1.54, 1.807) is 12.0 Å². The molecule has 31 heavy (non-hydrogen) atoms. The zero-order valence-corrected chi connectivity index (χ0v) is 19.5. The number of rotatable bonds is 6. The molecular weight excluding hydrogens is 478 g/mol. The summed E-state index contributed by atoms with van der Waals surface area (Å²) in [6, 6.07) is 19.1. The van der Waals surface area contributed by atoms with Crippen LogP contribution in [0.1, 0.15) is 23.6 Å². The summed E-state index contributed by atoms with van der Waals surface area (Å²) in [6.45, 7) is 2.91. The molecule has 0 saturated carbocycles. The Bertz CT molecular complexity index is 1180. The Kier molecular flexibility index (Phi) is 6.35. The lowest BCUT2D eigenvalue weighted by Crippen LogP contribution is -2.25. The Morgan fingerprint density at radius 2 is 1.81 bits per heavy atom. The van der Waals surface area contributed by atoms with Crippen molar-refractivity contribution < 1.29 is 14.3 Å². The van der Waals surface area contributed by atoms with Crippen molar-refractivity contribution in [3.63, 3.8) is 0 Å². The van der Waals surface area contributed by atoms with Crippen LogP contribution in [0.15, 0.2) is 65.1 Å². The minimum atomic E-state index is -0.00591. The van der Waals surface area contributed by atoms with E-state index in [9.17, 15) is 4.79 Å². The third-order valence-electron chi connectivity index (χ3n) is 5.20. The Labute approximate surface area is 195 Å². The molecule has 4 rings (SSSR count). The molecule has 0 saturated heterocycles. The number of nitrogens with zero attached hydrogens (tertiary/aromatic N) is 1. The predicted molar refractivity (Wildman–Crippen MR) is 129 cm³/mol. The Balaban J connectivity index is 1.67. The first-order valence-electron chi connectivity index (χ1n) is 9.90. The fraction of sp³-hybridized carbons (Fsp3) is 0.160. The minimum absolute atomic E-state index is 0.00591. The molecule has 0 bridgehead atoms. The van der Waals surface area contributed by atoms with E-state index >= 15 is 0 Å². The first-order valence-corrected chi connectivity index (χ1v) is 11.1. The standard InChI is InChI=1S/C25H21BrClNO3/c1-3-28-22-11-7-5-9-18(22)19(25(28)29)12-17-13-23(30-2)24(14-20(17)26)31-15-16-8-4-6-10-21(16)27/h4-14H,3,15H2,1-2H3/b19-12-. The molecule has 6 heteroatoms. The quantitative estimate of drug-likeness (QED) is 0.360. The maximum absolute atomic E-state index is 13.0. The minimum Gasteiger partial charge on any atom is -0.493 e. The number of anilines is 1. The van der Waals surface area contributed by atoms with Crippen LogP contribution in [0.2, 0.25) is 5.02 Å². The van der Waals surface area contributed by atoms with E-state index in [1.807, 2.05) is 73.7 Å². The smallest absolute Gasteiger partial charge is 0.258 e. The molecule has 1 aliphatic heterocycles. The SMILES string of the molecule is CCN1C(=O)/C(=C\c2cc(OC)c(OCc3ccccc3Cl)cc2Br)c2ccccc21. The lowest BCUT2D eigenvalue weighted by Gasteiger charge is -2.14. The van der Waals surface area contributed by atoms with Gasteiger partial charge in [-0.25, -0.2) is 0 Å². The molecule has 0 aromatic heterocycles. The number of amides is 1. The van der Waals surface area contributed by atoms with Gasteiger partial charge in [-0.15, -0.1) is 0 Å². The molecule has 158 valence electrons. The summed E-state index contributed by atoms with van der Waals surface area (Å²) < 4.78 is 12.3. The Morgan fingerprint density at radius 3 is 2.55 bits per heavy atom. The third-order valence-corrected chi connectivity index (χ3v) is 6.26. The summed E-state index contributed by atoms with van der Waals surface area (Å²) in [5.74, 6) is 1.16. The van der Waals surface area contributed by atoms with Gasteiger partial charge in [0.1, 0.15) is 6.61 Å². The van der Waals surface area contributed by atoms with E-state index in [2.05, 4.69) is 15.9 Å². The van der Waals surface area contributed by atoms with Gasteiger partial charge >= 0.3 is 0 Å². The summed E-state index contributed by atoms with van der Waals surface area (Å²) in [7, 11) is 1.59. The molecule has 1 amide bonds. The highest BCUT2D eigenvalue weighted by Crippen LogP contribution is 2.40. The highest BCUT2D eigenvalue weighted by molar-refractivity contribution is 9.10. The van der Waals surface area contributed by atoms with Crippen molar-refractivity contribution in [1.29, 1.82) is 0 Å². The zero-order chi connectivity index (χ0) is 22.0. The molecule has 0 fully saturated rings. The number of carbonyl (C=O) groups is 1. The molecule has 3 aromatic carbocycles. The van der Waals surface area contributed by atoms with Gasteiger partial charge in [-0.3, -0.25) is 4.79 Å².